The molecule has 1 radical (unpaired) electrons. The predicted molar refractivity (Wildman–Crippen MR) is 79.7 cm³/mol. The molecule has 1 fully saturated rings. The summed E-state index contributed by atoms with van der Waals surface area (Å²) >= 11 is 3.03. The maximum absolute atomic E-state index is 4.31. The molecule has 2 rings (SSSR count). The van der Waals surface area contributed by atoms with Crippen molar-refractivity contribution in [3.05, 3.63) is 30.1 Å². The van der Waals surface area contributed by atoms with Gasteiger partial charge in [0.2, 0.25) is 0 Å². The number of amidine groups is 1. The van der Waals surface area contributed by atoms with Gasteiger partial charge in [-0.25, -0.2) is 0 Å². The number of pyridine rings is 1. The average molecular weight is 322 g/mol. The molecule has 0 amide bonds. The molecular formula is C14H19N4Se. The van der Waals surface area contributed by atoms with Crippen molar-refractivity contribution in [1.82, 2.24) is 9.88 Å². The van der Waals surface area contributed by atoms with Crippen LogP contribution in [-0.2, 0) is 0 Å². The van der Waals surface area contributed by atoms with Crippen LogP contribution in [0, 0.1) is 0 Å². The van der Waals surface area contributed by atoms with Crippen molar-refractivity contribution >= 4 is 26.5 Å². The van der Waals surface area contributed by atoms with Gasteiger partial charge in [0.15, 0.2) is 0 Å². The molecule has 1 aliphatic heterocycles. The van der Waals surface area contributed by atoms with Crippen LogP contribution in [0.1, 0.15) is 38.8 Å². The molecule has 101 valence electrons. The molecule has 1 aliphatic rings. The van der Waals surface area contributed by atoms with Crippen LogP contribution in [-0.4, -0.2) is 48.9 Å². The van der Waals surface area contributed by atoms with Gasteiger partial charge in [0.05, 0.1) is 0 Å². The van der Waals surface area contributed by atoms with Gasteiger partial charge in [-0.1, -0.05) is 0 Å². The zero-order valence-corrected chi connectivity index (χ0v) is 13.1. The van der Waals surface area contributed by atoms with E-state index in [0.717, 1.165) is 22.7 Å². The molecule has 0 N–H and O–H groups in total. The van der Waals surface area contributed by atoms with Gasteiger partial charge in [0.1, 0.15) is 0 Å². The molecule has 5 heteroatoms. The molecule has 0 aliphatic carbocycles. The van der Waals surface area contributed by atoms with E-state index in [9.17, 15) is 0 Å². The summed E-state index contributed by atoms with van der Waals surface area (Å²) < 4.78 is 0.877. The monoisotopic (exact) mass is 323 g/mol. The average Bonchev–Trinajstić information content (AvgIpc) is 2.46. The summed E-state index contributed by atoms with van der Waals surface area (Å²) in [5.41, 5.74) is 1.70. The van der Waals surface area contributed by atoms with Gasteiger partial charge in [-0.15, -0.1) is 0 Å². The Labute approximate surface area is 122 Å². The molecule has 0 spiro atoms. The zero-order chi connectivity index (χ0) is 13.7. The van der Waals surface area contributed by atoms with Crippen molar-refractivity contribution < 1.29 is 0 Å². The standard InChI is InChI=1S/C14H19N4Se/c1-11-7-4-6-10-18(11)14(19)17-16-12(2)13-8-3-5-9-15-13/h3,5,8-9,11H,4,6-7,10H2,1-2H3. The molecule has 1 unspecified atom stereocenters. The first-order valence-electron chi connectivity index (χ1n) is 6.66. The minimum atomic E-state index is 0.541. The second-order valence-electron chi connectivity index (χ2n) is 4.82. The Morgan fingerprint density at radius 2 is 2.21 bits per heavy atom. The molecular weight excluding hydrogens is 303 g/mol. The van der Waals surface area contributed by atoms with Crippen LogP contribution in [0.3, 0.4) is 0 Å². The van der Waals surface area contributed by atoms with E-state index in [2.05, 4.69) is 43.0 Å². The van der Waals surface area contributed by atoms with E-state index in [1.807, 2.05) is 25.1 Å². The van der Waals surface area contributed by atoms with E-state index in [4.69, 9.17) is 0 Å². The summed E-state index contributed by atoms with van der Waals surface area (Å²) in [5, 5.41) is 8.58. The van der Waals surface area contributed by atoms with Crippen LogP contribution >= 0.6 is 0 Å². The van der Waals surface area contributed by atoms with Gasteiger partial charge in [0, 0.05) is 0 Å². The van der Waals surface area contributed by atoms with Gasteiger partial charge >= 0.3 is 122 Å². The number of hydrogen-bond donors (Lipinski definition) is 0. The number of piperidine rings is 1. The quantitative estimate of drug-likeness (QED) is 0.362. The molecule has 0 aromatic carbocycles. The molecule has 1 saturated heterocycles. The summed E-state index contributed by atoms with van der Waals surface area (Å²) in [6, 6.07) is 6.33. The third-order valence-electron chi connectivity index (χ3n) is 3.37. The van der Waals surface area contributed by atoms with Crippen LogP contribution in [0.15, 0.2) is 34.6 Å². The van der Waals surface area contributed by atoms with Gasteiger partial charge in [-0.2, -0.15) is 0 Å². The fourth-order valence-corrected chi connectivity index (χ4v) is 2.84. The summed E-state index contributed by atoms with van der Waals surface area (Å²) in [6.45, 7) is 5.23. The second-order valence-corrected chi connectivity index (χ2v) is 5.59. The number of likely N-dealkylation sites (tertiary alicyclic amines) is 1. The topological polar surface area (TPSA) is 40.9 Å². The predicted octanol–water partition coefficient (Wildman–Crippen LogP) is 2.20. The van der Waals surface area contributed by atoms with Crippen molar-refractivity contribution in [3.63, 3.8) is 0 Å². The molecule has 2 heterocycles. The number of aromatic nitrogens is 1. The third kappa shape index (κ3) is 3.88. The Morgan fingerprint density at radius 1 is 1.37 bits per heavy atom. The van der Waals surface area contributed by atoms with Gasteiger partial charge in [0.25, 0.3) is 0 Å². The Kier molecular flexibility index (Phi) is 5.11. The maximum atomic E-state index is 4.31. The molecule has 1 aromatic rings. The van der Waals surface area contributed by atoms with Crippen LogP contribution in [0.5, 0.6) is 0 Å². The molecule has 1 aromatic heterocycles. The van der Waals surface area contributed by atoms with E-state index in [1.165, 1.54) is 19.3 Å². The van der Waals surface area contributed by atoms with Crippen molar-refractivity contribution in [2.24, 2.45) is 10.2 Å². The first kappa shape index (κ1) is 14.2. The van der Waals surface area contributed by atoms with Crippen LogP contribution in [0.2, 0.25) is 0 Å². The van der Waals surface area contributed by atoms with E-state index in [-0.39, 0.29) is 0 Å². The van der Waals surface area contributed by atoms with Crippen molar-refractivity contribution in [3.8, 4) is 0 Å². The Bertz CT molecular complexity index is 470. The summed E-state index contributed by atoms with van der Waals surface area (Å²) in [6.07, 6.45) is 5.53. The minimum absolute atomic E-state index is 0.541. The fourth-order valence-electron chi connectivity index (χ4n) is 2.19. The molecule has 19 heavy (non-hydrogen) atoms. The SMILES string of the molecule is CC(=NN=C([Se])N1CCCCC1C)c1ccccn1. The van der Waals surface area contributed by atoms with Crippen LogP contribution in [0.25, 0.3) is 0 Å². The van der Waals surface area contributed by atoms with Crippen molar-refractivity contribution in [2.75, 3.05) is 6.54 Å². The van der Waals surface area contributed by atoms with Crippen LogP contribution < -0.4 is 0 Å². The molecule has 0 saturated carbocycles. The second kappa shape index (κ2) is 6.83. The number of nitrogens with zero attached hydrogens (tertiary/aromatic N) is 4. The van der Waals surface area contributed by atoms with Crippen molar-refractivity contribution in [2.45, 2.75) is 39.2 Å². The van der Waals surface area contributed by atoms with E-state index in [1.54, 1.807) is 6.20 Å². The van der Waals surface area contributed by atoms with Crippen molar-refractivity contribution in [1.29, 1.82) is 0 Å². The van der Waals surface area contributed by atoms with Crippen LogP contribution in [0.4, 0.5) is 0 Å². The number of rotatable bonds is 2. The third-order valence-corrected chi connectivity index (χ3v) is 4.03. The zero-order valence-electron chi connectivity index (χ0n) is 11.4. The van der Waals surface area contributed by atoms with E-state index < -0.39 is 0 Å². The van der Waals surface area contributed by atoms with E-state index >= 15 is 0 Å². The Balaban J connectivity index is 2.08. The molecule has 4 nitrogen and oxygen atoms in total. The summed E-state index contributed by atoms with van der Waals surface area (Å²) in [7, 11) is 0. The summed E-state index contributed by atoms with van der Waals surface area (Å²) in [4.78, 5) is 6.55. The Hall–Kier alpha value is -1.19. The number of hydrogen-bond acceptors (Lipinski definition) is 3. The summed E-state index contributed by atoms with van der Waals surface area (Å²) in [5.74, 6) is 0. The molecule has 1 atom stereocenters. The molecule has 0 bridgehead atoms. The first-order chi connectivity index (χ1) is 9.18. The normalized spacial score (nSPS) is 21.6. The Morgan fingerprint density at radius 3 is 2.89 bits per heavy atom. The van der Waals surface area contributed by atoms with Gasteiger partial charge < -0.3 is 0 Å². The fraction of sp³-hybridized carbons (Fsp3) is 0.500. The van der Waals surface area contributed by atoms with Gasteiger partial charge in [-0.05, 0) is 0 Å². The first-order valence-corrected chi connectivity index (χ1v) is 7.51. The van der Waals surface area contributed by atoms with Gasteiger partial charge in [-0.3, -0.25) is 0 Å². The van der Waals surface area contributed by atoms with E-state index in [0.29, 0.717) is 6.04 Å².